The highest BCUT2D eigenvalue weighted by atomic mass is 28.4. The molecule has 1 rings (SSSR count). The minimum Gasteiger partial charge on any atom is -0.406 e. The van der Waals surface area contributed by atoms with Crippen LogP contribution in [0.5, 0.6) is 0 Å². The predicted molar refractivity (Wildman–Crippen MR) is 93.8 cm³/mol. The van der Waals surface area contributed by atoms with Crippen LogP contribution in [0, 0.1) is 0 Å². The summed E-state index contributed by atoms with van der Waals surface area (Å²) in [5, 5.41) is 0. The maximum absolute atomic E-state index is 6.64. The number of rotatable bonds is 9. The van der Waals surface area contributed by atoms with Crippen molar-refractivity contribution in [2.75, 3.05) is 26.9 Å². The Bertz CT molecular complexity index is 370. The highest BCUT2D eigenvalue weighted by molar-refractivity contribution is 6.75. The van der Waals surface area contributed by atoms with E-state index in [0.717, 1.165) is 18.9 Å². The molecule has 23 heavy (non-hydrogen) atoms. The molecule has 0 radical (unpaired) electrons. The van der Waals surface area contributed by atoms with Crippen LogP contribution in [0.3, 0.4) is 0 Å². The van der Waals surface area contributed by atoms with Crippen LogP contribution >= 0.6 is 0 Å². The second-order valence-electron chi connectivity index (χ2n) is 7.01. The fourth-order valence-electron chi connectivity index (χ4n) is 4.01. The Balaban J connectivity index is 3.39. The summed E-state index contributed by atoms with van der Waals surface area (Å²) in [5.74, 6) is -1.00. The van der Waals surface area contributed by atoms with Crippen molar-refractivity contribution in [3.63, 3.8) is 0 Å². The van der Waals surface area contributed by atoms with E-state index in [1.165, 1.54) is 0 Å². The highest BCUT2D eigenvalue weighted by Crippen LogP contribution is 2.47. The monoisotopic (exact) mass is 348 g/mol. The molecule has 0 saturated carbocycles. The Morgan fingerprint density at radius 3 is 1.96 bits per heavy atom. The lowest BCUT2D eigenvalue weighted by atomic mass is 10.0. The van der Waals surface area contributed by atoms with E-state index < -0.39 is 19.5 Å². The van der Waals surface area contributed by atoms with Crippen molar-refractivity contribution in [1.29, 1.82) is 0 Å². The number of hydrogen-bond donors (Lipinski definition) is 0. The molecule has 0 aromatic rings. The van der Waals surface area contributed by atoms with Crippen molar-refractivity contribution in [3.05, 3.63) is 0 Å². The average Bonchev–Trinajstić information content (AvgIpc) is 2.43. The first-order valence-electron chi connectivity index (χ1n) is 8.83. The molecule has 0 amide bonds. The normalized spacial score (nSPS) is 27.7. The molecule has 2 atom stereocenters. The summed E-state index contributed by atoms with van der Waals surface area (Å²) in [7, 11) is -0.801. The number of hydrogen-bond acceptors (Lipinski definition) is 5. The summed E-state index contributed by atoms with van der Waals surface area (Å²) in [6, 6.07) is 0.958. The van der Waals surface area contributed by atoms with Gasteiger partial charge < -0.3 is 23.4 Å². The van der Waals surface area contributed by atoms with Gasteiger partial charge in [0.2, 0.25) is 11.2 Å². The van der Waals surface area contributed by atoms with Gasteiger partial charge in [0.05, 0.1) is 5.60 Å². The molecule has 6 heteroatoms. The Morgan fingerprint density at radius 2 is 1.57 bits per heavy atom. The molecule has 1 aliphatic heterocycles. The maximum atomic E-state index is 6.64. The molecule has 1 saturated heterocycles. The zero-order chi connectivity index (χ0) is 17.8. The van der Waals surface area contributed by atoms with Gasteiger partial charge in [-0.15, -0.1) is 0 Å². The molecule has 5 nitrogen and oxygen atoms in total. The summed E-state index contributed by atoms with van der Waals surface area (Å²) >= 11 is 0. The molecule has 138 valence electrons. The average molecular weight is 349 g/mol. The molecule has 2 unspecified atom stereocenters. The molecule has 1 heterocycles. The van der Waals surface area contributed by atoms with Crippen LogP contribution in [-0.4, -0.2) is 52.0 Å². The van der Waals surface area contributed by atoms with E-state index in [9.17, 15) is 0 Å². The maximum Gasteiger partial charge on any atom is 0.262 e. The van der Waals surface area contributed by atoms with Gasteiger partial charge in [-0.2, -0.15) is 0 Å². The predicted octanol–water partition coefficient (Wildman–Crippen LogP) is 3.86. The van der Waals surface area contributed by atoms with Crippen LogP contribution in [0.15, 0.2) is 0 Å². The van der Waals surface area contributed by atoms with Gasteiger partial charge in [-0.3, -0.25) is 0 Å². The van der Waals surface area contributed by atoms with Crippen molar-refractivity contribution < 1.29 is 23.4 Å². The van der Waals surface area contributed by atoms with Gasteiger partial charge in [-0.05, 0) is 60.6 Å². The fraction of sp³-hybridized carbons (Fsp3) is 1.00. The largest absolute Gasteiger partial charge is 0.406 e. The third-order valence-electron chi connectivity index (χ3n) is 4.70. The van der Waals surface area contributed by atoms with Crippen LogP contribution in [0.1, 0.15) is 54.4 Å². The SMILES string of the molecule is CCOC(C)(OCC)C(OC)(OCC)[Si]1(C)CCCC(C)(C)O1. The zero-order valence-electron chi connectivity index (χ0n) is 16.3. The van der Waals surface area contributed by atoms with Crippen LogP contribution in [0.25, 0.3) is 0 Å². The molecule has 1 fully saturated rings. The zero-order valence-corrected chi connectivity index (χ0v) is 17.3. The Labute approximate surface area is 143 Å². The van der Waals surface area contributed by atoms with Crippen molar-refractivity contribution >= 4 is 8.32 Å². The van der Waals surface area contributed by atoms with Gasteiger partial charge in [0, 0.05) is 26.9 Å². The Kier molecular flexibility index (Phi) is 7.26. The molecule has 0 aliphatic carbocycles. The van der Waals surface area contributed by atoms with E-state index in [0.29, 0.717) is 19.8 Å². The fourth-order valence-corrected chi connectivity index (χ4v) is 8.73. The van der Waals surface area contributed by atoms with Gasteiger partial charge in [0.15, 0.2) is 0 Å². The lowest BCUT2D eigenvalue weighted by Gasteiger charge is -2.56. The van der Waals surface area contributed by atoms with E-state index in [-0.39, 0.29) is 5.60 Å². The van der Waals surface area contributed by atoms with Gasteiger partial charge >= 0.3 is 0 Å². The van der Waals surface area contributed by atoms with Gasteiger partial charge in [-0.1, -0.05) is 6.42 Å². The summed E-state index contributed by atoms with van der Waals surface area (Å²) < 4.78 is 31.0. The van der Waals surface area contributed by atoms with Gasteiger partial charge in [0.1, 0.15) is 0 Å². The second-order valence-corrected chi connectivity index (χ2v) is 10.8. The third-order valence-corrected chi connectivity index (χ3v) is 9.21. The van der Waals surface area contributed by atoms with Crippen molar-refractivity contribution in [1.82, 2.24) is 0 Å². The molecule has 0 spiro atoms. The molecule has 1 aliphatic rings. The molecule has 0 aromatic carbocycles. The Morgan fingerprint density at radius 1 is 1.04 bits per heavy atom. The van der Waals surface area contributed by atoms with Gasteiger partial charge in [0.25, 0.3) is 8.32 Å². The lowest BCUT2D eigenvalue weighted by molar-refractivity contribution is -0.370. The Hall–Kier alpha value is 0.0169. The first kappa shape index (κ1) is 21.1. The van der Waals surface area contributed by atoms with Crippen LogP contribution in [0.2, 0.25) is 12.6 Å². The number of methoxy groups -OCH3 is 1. The first-order valence-corrected chi connectivity index (χ1v) is 11.4. The second kappa shape index (κ2) is 7.93. The van der Waals surface area contributed by atoms with Crippen molar-refractivity contribution in [2.24, 2.45) is 0 Å². The molecular weight excluding hydrogens is 312 g/mol. The molecular formula is C17H36O5Si. The molecule has 0 bridgehead atoms. The van der Waals surface area contributed by atoms with Crippen LogP contribution in [-0.2, 0) is 23.4 Å². The summed E-state index contributed by atoms with van der Waals surface area (Å²) in [5.41, 5.74) is -1.20. The van der Waals surface area contributed by atoms with E-state index >= 15 is 0 Å². The minimum absolute atomic E-state index is 0.181. The highest BCUT2D eigenvalue weighted by Gasteiger charge is 2.68. The first-order chi connectivity index (χ1) is 10.7. The summed E-state index contributed by atoms with van der Waals surface area (Å²) in [6.45, 7) is 15.8. The smallest absolute Gasteiger partial charge is 0.262 e. The van der Waals surface area contributed by atoms with E-state index in [1.807, 2.05) is 27.7 Å². The summed E-state index contributed by atoms with van der Waals surface area (Å²) in [6.07, 6.45) is 2.14. The molecule has 0 aromatic heterocycles. The quantitative estimate of drug-likeness (QED) is 0.468. The van der Waals surface area contributed by atoms with Crippen molar-refractivity contribution in [2.45, 2.75) is 83.8 Å². The third kappa shape index (κ3) is 3.99. The van der Waals surface area contributed by atoms with E-state index in [4.69, 9.17) is 23.4 Å². The molecule has 0 N–H and O–H groups in total. The van der Waals surface area contributed by atoms with Crippen LogP contribution < -0.4 is 0 Å². The minimum atomic E-state index is -2.48. The van der Waals surface area contributed by atoms with Crippen LogP contribution in [0.4, 0.5) is 0 Å². The number of ether oxygens (including phenoxy) is 4. The lowest BCUT2D eigenvalue weighted by Crippen LogP contribution is -2.75. The van der Waals surface area contributed by atoms with E-state index in [1.54, 1.807) is 7.11 Å². The van der Waals surface area contributed by atoms with E-state index in [2.05, 4.69) is 20.4 Å². The van der Waals surface area contributed by atoms with Gasteiger partial charge in [-0.25, -0.2) is 0 Å². The summed E-state index contributed by atoms with van der Waals surface area (Å²) in [4.78, 5) is 0. The van der Waals surface area contributed by atoms with Crippen molar-refractivity contribution in [3.8, 4) is 0 Å². The topological polar surface area (TPSA) is 46.2 Å². The standard InChI is InChI=1S/C17H36O5Si/c1-9-19-16(6,20-10-2)17(18-7,21-11-3)23(8)14-12-13-15(4,5)22-23/h9-14H2,1-8H3.